The van der Waals surface area contributed by atoms with Crippen molar-refractivity contribution >= 4 is 11.9 Å². The van der Waals surface area contributed by atoms with E-state index in [-0.39, 0.29) is 24.2 Å². The molecule has 3 rings (SSSR count). The van der Waals surface area contributed by atoms with Crippen LogP contribution in [-0.2, 0) is 16.1 Å². The van der Waals surface area contributed by atoms with Gasteiger partial charge in [0.05, 0.1) is 11.4 Å². The third kappa shape index (κ3) is 5.07. The summed E-state index contributed by atoms with van der Waals surface area (Å²) >= 11 is 0. The van der Waals surface area contributed by atoms with Crippen molar-refractivity contribution in [1.82, 2.24) is 19.9 Å². The Bertz CT molecular complexity index is 968. The largest absolute Gasteiger partial charge is 0.451 e. The minimum atomic E-state index is -0.665. The predicted molar refractivity (Wildman–Crippen MR) is 109 cm³/mol. The van der Waals surface area contributed by atoms with Gasteiger partial charge in [-0.05, 0) is 38.5 Å². The topological polar surface area (TPSA) is 77.3 Å². The van der Waals surface area contributed by atoms with Crippen molar-refractivity contribution in [1.29, 1.82) is 0 Å². The lowest BCUT2D eigenvalue weighted by Crippen LogP contribution is -2.39. The van der Waals surface area contributed by atoms with Crippen LogP contribution in [0.25, 0.3) is 5.69 Å². The number of carbonyl (C=O) groups excluding carboxylic acids is 2. The lowest BCUT2D eigenvalue weighted by molar-refractivity contribution is -0.136. The van der Waals surface area contributed by atoms with E-state index in [1.165, 1.54) is 4.80 Å². The van der Waals surface area contributed by atoms with E-state index in [1.807, 2.05) is 74.5 Å². The summed E-state index contributed by atoms with van der Waals surface area (Å²) < 4.78 is 5.24. The molecular formula is C22H24N4O3. The zero-order valence-electron chi connectivity index (χ0n) is 16.8. The smallest absolute Gasteiger partial charge is 0.361 e. The Morgan fingerprint density at radius 3 is 2.24 bits per heavy atom. The quantitative estimate of drug-likeness (QED) is 0.577. The van der Waals surface area contributed by atoms with E-state index < -0.39 is 5.97 Å². The van der Waals surface area contributed by atoms with Gasteiger partial charge in [-0.2, -0.15) is 9.90 Å². The maximum absolute atomic E-state index is 12.6. The predicted octanol–water partition coefficient (Wildman–Crippen LogP) is 3.17. The number of hydrogen-bond acceptors (Lipinski definition) is 5. The molecule has 0 bridgehead atoms. The summed E-state index contributed by atoms with van der Waals surface area (Å²) in [4.78, 5) is 28.2. The van der Waals surface area contributed by atoms with E-state index in [2.05, 4.69) is 10.2 Å². The van der Waals surface area contributed by atoms with Crippen LogP contribution in [0.15, 0.2) is 60.7 Å². The molecule has 0 aliphatic rings. The zero-order chi connectivity index (χ0) is 20.8. The van der Waals surface area contributed by atoms with E-state index in [0.29, 0.717) is 12.2 Å². The van der Waals surface area contributed by atoms with Crippen molar-refractivity contribution in [3.63, 3.8) is 0 Å². The number of ether oxygens (including phenoxy) is 1. The summed E-state index contributed by atoms with van der Waals surface area (Å²) in [5.74, 6) is -0.924. The third-order valence-corrected chi connectivity index (χ3v) is 4.43. The second-order valence-electron chi connectivity index (χ2n) is 6.94. The Labute approximate surface area is 169 Å². The van der Waals surface area contributed by atoms with Gasteiger partial charge in [0.1, 0.15) is 0 Å². The normalized spacial score (nSPS) is 10.8. The first-order chi connectivity index (χ1) is 14.0. The second kappa shape index (κ2) is 9.14. The molecule has 150 valence electrons. The molecule has 0 N–H and O–H groups in total. The first-order valence-corrected chi connectivity index (χ1v) is 9.45. The van der Waals surface area contributed by atoms with Gasteiger partial charge in [-0.1, -0.05) is 48.5 Å². The fourth-order valence-corrected chi connectivity index (χ4v) is 2.86. The minimum Gasteiger partial charge on any atom is -0.451 e. The van der Waals surface area contributed by atoms with Crippen LogP contribution in [0, 0.1) is 6.92 Å². The van der Waals surface area contributed by atoms with Crippen LogP contribution in [-0.4, -0.2) is 44.4 Å². The molecule has 0 spiro atoms. The molecule has 0 unspecified atom stereocenters. The minimum absolute atomic E-state index is 0.0258. The Balaban J connectivity index is 1.65. The highest BCUT2D eigenvalue weighted by atomic mass is 16.5. The van der Waals surface area contributed by atoms with Gasteiger partial charge in [0.15, 0.2) is 12.3 Å². The Kier molecular flexibility index (Phi) is 6.39. The van der Waals surface area contributed by atoms with Gasteiger partial charge < -0.3 is 9.64 Å². The average Bonchev–Trinajstić information content (AvgIpc) is 3.13. The number of carbonyl (C=O) groups is 2. The summed E-state index contributed by atoms with van der Waals surface area (Å²) in [6.07, 6.45) is 0. The van der Waals surface area contributed by atoms with Gasteiger partial charge in [0.25, 0.3) is 5.91 Å². The number of amides is 1. The molecule has 1 amide bonds. The van der Waals surface area contributed by atoms with Crippen LogP contribution in [0.3, 0.4) is 0 Å². The molecule has 7 nitrogen and oxygen atoms in total. The first kappa shape index (κ1) is 20.3. The molecule has 0 aliphatic carbocycles. The maximum Gasteiger partial charge on any atom is 0.361 e. The van der Waals surface area contributed by atoms with Crippen molar-refractivity contribution in [3.8, 4) is 5.69 Å². The molecule has 0 radical (unpaired) electrons. The number of nitrogens with zero attached hydrogens (tertiary/aromatic N) is 4. The van der Waals surface area contributed by atoms with Crippen molar-refractivity contribution < 1.29 is 14.3 Å². The SMILES string of the molecule is Cc1nn(-c2ccccc2)nc1C(=O)OCC(=O)N(Cc1ccccc1)C(C)C. The van der Waals surface area contributed by atoms with Crippen molar-refractivity contribution in [2.45, 2.75) is 33.4 Å². The lowest BCUT2D eigenvalue weighted by Gasteiger charge is -2.26. The number of aryl methyl sites for hydroxylation is 1. The number of hydrogen-bond donors (Lipinski definition) is 0. The summed E-state index contributed by atoms with van der Waals surface area (Å²) in [6.45, 7) is 5.65. The molecule has 1 aromatic heterocycles. The molecule has 0 saturated carbocycles. The van der Waals surface area contributed by atoms with Crippen LogP contribution in [0.4, 0.5) is 0 Å². The lowest BCUT2D eigenvalue weighted by atomic mass is 10.2. The Hall–Kier alpha value is -3.48. The number of aromatic nitrogens is 3. The maximum atomic E-state index is 12.6. The number of benzene rings is 2. The van der Waals surface area contributed by atoms with Gasteiger partial charge in [-0.25, -0.2) is 4.79 Å². The third-order valence-electron chi connectivity index (χ3n) is 4.43. The number of rotatable bonds is 7. The van der Waals surface area contributed by atoms with Crippen LogP contribution in [0.2, 0.25) is 0 Å². The van der Waals surface area contributed by atoms with Gasteiger partial charge >= 0.3 is 5.97 Å². The monoisotopic (exact) mass is 392 g/mol. The Morgan fingerprint density at radius 1 is 1.00 bits per heavy atom. The molecule has 7 heteroatoms. The highest BCUT2D eigenvalue weighted by molar-refractivity contribution is 5.90. The number of para-hydroxylation sites is 1. The molecule has 29 heavy (non-hydrogen) atoms. The standard InChI is InChI=1S/C22H24N4O3/c1-16(2)25(14-18-10-6-4-7-11-18)20(27)15-29-22(28)21-17(3)23-26(24-21)19-12-8-5-9-13-19/h4-13,16H,14-15H2,1-3H3. The summed E-state index contributed by atoms with van der Waals surface area (Å²) in [5.41, 5.74) is 2.29. The van der Waals surface area contributed by atoms with Crippen LogP contribution in [0.1, 0.15) is 35.6 Å². The molecule has 2 aromatic carbocycles. The molecule has 3 aromatic rings. The summed E-state index contributed by atoms with van der Waals surface area (Å²) in [7, 11) is 0. The van der Waals surface area contributed by atoms with E-state index in [1.54, 1.807) is 11.8 Å². The molecule has 0 atom stereocenters. The van der Waals surface area contributed by atoms with Gasteiger partial charge in [0.2, 0.25) is 0 Å². The van der Waals surface area contributed by atoms with Crippen molar-refractivity contribution in [2.75, 3.05) is 6.61 Å². The molecule has 0 saturated heterocycles. The van der Waals surface area contributed by atoms with Crippen LogP contribution < -0.4 is 0 Å². The molecule has 0 fully saturated rings. The molecule has 1 heterocycles. The van der Waals surface area contributed by atoms with E-state index in [9.17, 15) is 9.59 Å². The van der Waals surface area contributed by atoms with Gasteiger partial charge in [-0.15, -0.1) is 5.10 Å². The fourth-order valence-electron chi connectivity index (χ4n) is 2.86. The Morgan fingerprint density at radius 2 is 1.62 bits per heavy atom. The van der Waals surface area contributed by atoms with E-state index >= 15 is 0 Å². The highest BCUT2D eigenvalue weighted by Crippen LogP contribution is 2.11. The molecular weight excluding hydrogens is 368 g/mol. The van der Waals surface area contributed by atoms with Crippen LogP contribution in [0.5, 0.6) is 0 Å². The van der Waals surface area contributed by atoms with Crippen LogP contribution >= 0.6 is 0 Å². The zero-order valence-corrected chi connectivity index (χ0v) is 16.8. The van der Waals surface area contributed by atoms with E-state index in [0.717, 1.165) is 11.3 Å². The number of esters is 1. The van der Waals surface area contributed by atoms with Crippen molar-refractivity contribution in [2.24, 2.45) is 0 Å². The van der Waals surface area contributed by atoms with Crippen molar-refractivity contribution in [3.05, 3.63) is 77.6 Å². The first-order valence-electron chi connectivity index (χ1n) is 9.45. The highest BCUT2D eigenvalue weighted by Gasteiger charge is 2.22. The average molecular weight is 392 g/mol. The van der Waals surface area contributed by atoms with Gasteiger partial charge in [-0.3, -0.25) is 4.79 Å². The second-order valence-corrected chi connectivity index (χ2v) is 6.94. The fraction of sp³-hybridized carbons (Fsp3) is 0.273. The van der Waals surface area contributed by atoms with E-state index in [4.69, 9.17) is 4.74 Å². The summed E-state index contributed by atoms with van der Waals surface area (Å²) in [5, 5.41) is 8.47. The molecule has 0 aliphatic heterocycles. The van der Waals surface area contributed by atoms with Gasteiger partial charge in [0, 0.05) is 12.6 Å². The summed E-state index contributed by atoms with van der Waals surface area (Å²) in [6, 6.07) is 18.9.